The van der Waals surface area contributed by atoms with E-state index in [-0.39, 0.29) is 17.2 Å². The molecule has 0 bridgehead atoms. The number of carbonyl (C=O) groups is 1. The summed E-state index contributed by atoms with van der Waals surface area (Å²) in [5.74, 6) is 1.26. The first-order valence-electron chi connectivity index (χ1n) is 10.0. The summed E-state index contributed by atoms with van der Waals surface area (Å²) >= 11 is 1.29. The minimum absolute atomic E-state index is 0.0572. The molecule has 3 aromatic rings. The summed E-state index contributed by atoms with van der Waals surface area (Å²) in [6, 6.07) is 14.9. The fraction of sp³-hybridized carbons (Fsp3) is 0.348. The maximum absolute atomic E-state index is 13.0. The molecule has 0 fully saturated rings. The fourth-order valence-electron chi connectivity index (χ4n) is 3.07. The van der Waals surface area contributed by atoms with Crippen molar-refractivity contribution < 1.29 is 9.53 Å². The molecule has 0 radical (unpaired) electrons. The number of carbonyl (C=O) groups excluding carboxylic acids is 1. The molecule has 6 nitrogen and oxygen atoms in total. The van der Waals surface area contributed by atoms with Crippen LogP contribution in [0.15, 0.2) is 58.5 Å². The van der Waals surface area contributed by atoms with Gasteiger partial charge >= 0.3 is 0 Å². The number of nitrogens with zero attached hydrogens (tertiary/aromatic N) is 2. The van der Waals surface area contributed by atoms with Crippen LogP contribution >= 0.6 is 11.8 Å². The second-order valence-corrected chi connectivity index (χ2v) is 8.37. The highest BCUT2D eigenvalue weighted by Gasteiger charge is 2.14. The summed E-state index contributed by atoms with van der Waals surface area (Å²) in [5.41, 5.74) is 1.51. The third-order valence-electron chi connectivity index (χ3n) is 4.76. The molecule has 0 aliphatic rings. The second-order valence-electron chi connectivity index (χ2n) is 7.43. The van der Waals surface area contributed by atoms with E-state index in [4.69, 9.17) is 4.74 Å². The van der Waals surface area contributed by atoms with Crippen LogP contribution in [-0.2, 0) is 17.9 Å². The topological polar surface area (TPSA) is 73.2 Å². The molecular weight excluding hydrogens is 398 g/mol. The largest absolute Gasteiger partial charge is 0.496 e. The van der Waals surface area contributed by atoms with Gasteiger partial charge < -0.3 is 10.1 Å². The lowest BCUT2D eigenvalue weighted by Gasteiger charge is -2.14. The number of amides is 1. The number of ether oxygens (including phenoxy) is 1. The Morgan fingerprint density at radius 1 is 1.17 bits per heavy atom. The lowest BCUT2D eigenvalue weighted by atomic mass is 10.1. The SMILES string of the molecule is COc1ccccc1CNC(=O)CSc1nc2ccccc2c(=O)n1CCC(C)C. The quantitative estimate of drug-likeness (QED) is 0.416. The number of nitrogens with one attached hydrogen (secondary N) is 1. The summed E-state index contributed by atoms with van der Waals surface area (Å²) in [5, 5.41) is 4.09. The molecule has 0 spiro atoms. The van der Waals surface area contributed by atoms with Gasteiger partial charge in [0.1, 0.15) is 5.75 Å². The maximum Gasteiger partial charge on any atom is 0.262 e. The lowest BCUT2D eigenvalue weighted by Crippen LogP contribution is -2.27. The van der Waals surface area contributed by atoms with Crippen molar-refractivity contribution in [2.75, 3.05) is 12.9 Å². The van der Waals surface area contributed by atoms with Gasteiger partial charge in [-0.2, -0.15) is 0 Å². The van der Waals surface area contributed by atoms with Gasteiger partial charge in [0.25, 0.3) is 5.56 Å². The normalized spacial score (nSPS) is 11.1. The van der Waals surface area contributed by atoms with Gasteiger partial charge in [0.2, 0.25) is 5.91 Å². The average Bonchev–Trinajstić information content (AvgIpc) is 2.75. The third kappa shape index (κ3) is 5.42. The second kappa shape index (κ2) is 10.3. The fourth-order valence-corrected chi connectivity index (χ4v) is 3.92. The lowest BCUT2D eigenvalue weighted by molar-refractivity contribution is -0.118. The summed E-state index contributed by atoms with van der Waals surface area (Å²) < 4.78 is 7.01. The number of fused-ring (bicyclic) bond motifs is 1. The summed E-state index contributed by atoms with van der Waals surface area (Å²) in [6.45, 7) is 5.21. The van der Waals surface area contributed by atoms with Gasteiger partial charge in [0, 0.05) is 18.7 Å². The van der Waals surface area contributed by atoms with Gasteiger partial charge in [0.15, 0.2) is 5.16 Å². The smallest absolute Gasteiger partial charge is 0.262 e. The first-order valence-corrected chi connectivity index (χ1v) is 11.0. The van der Waals surface area contributed by atoms with Gasteiger partial charge in [-0.15, -0.1) is 0 Å². The van der Waals surface area contributed by atoms with E-state index in [2.05, 4.69) is 24.1 Å². The van der Waals surface area contributed by atoms with Crippen molar-refractivity contribution in [2.24, 2.45) is 5.92 Å². The number of aromatic nitrogens is 2. The standard InChI is InChI=1S/C23H27N3O3S/c1-16(2)12-13-26-22(28)18-9-5-6-10-19(18)25-23(26)30-15-21(27)24-14-17-8-4-7-11-20(17)29-3/h4-11,16H,12-15H2,1-3H3,(H,24,27). The molecule has 1 amide bonds. The molecule has 1 aromatic heterocycles. The first kappa shape index (κ1) is 21.9. The van der Waals surface area contributed by atoms with Crippen LogP contribution in [0.4, 0.5) is 0 Å². The van der Waals surface area contributed by atoms with Crippen molar-refractivity contribution in [2.45, 2.75) is 38.5 Å². The zero-order valence-electron chi connectivity index (χ0n) is 17.6. The molecule has 158 valence electrons. The molecule has 0 saturated heterocycles. The molecule has 30 heavy (non-hydrogen) atoms. The molecule has 1 N–H and O–H groups in total. The van der Waals surface area contributed by atoms with Gasteiger partial charge in [-0.1, -0.05) is 55.9 Å². The molecule has 3 rings (SSSR count). The Morgan fingerprint density at radius 2 is 1.90 bits per heavy atom. The molecule has 0 unspecified atom stereocenters. The molecule has 0 aliphatic heterocycles. The van der Waals surface area contributed by atoms with E-state index in [1.807, 2.05) is 42.5 Å². The number of rotatable bonds is 9. The summed E-state index contributed by atoms with van der Waals surface area (Å²) in [7, 11) is 1.61. The van der Waals surface area contributed by atoms with E-state index < -0.39 is 0 Å². The van der Waals surface area contributed by atoms with Gasteiger partial charge in [-0.05, 0) is 30.5 Å². The zero-order chi connectivity index (χ0) is 21.5. The van der Waals surface area contributed by atoms with E-state index in [1.54, 1.807) is 17.7 Å². The maximum atomic E-state index is 13.0. The summed E-state index contributed by atoms with van der Waals surface area (Å²) in [6.07, 6.45) is 0.869. The number of thioether (sulfide) groups is 1. The Hall–Kier alpha value is -2.80. The van der Waals surface area contributed by atoms with E-state index in [0.717, 1.165) is 17.7 Å². The van der Waals surface area contributed by atoms with E-state index in [9.17, 15) is 9.59 Å². The number of hydrogen-bond donors (Lipinski definition) is 1. The highest BCUT2D eigenvalue weighted by atomic mass is 32.2. The Morgan fingerprint density at radius 3 is 2.67 bits per heavy atom. The van der Waals surface area contributed by atoms with Crippen LogP contribution in [0.3, 0.4) is 0 Å². The number of para-hydroxylation sites is 2. The molecule has 0 aliphatic carbocycles. The van der Waals surface area contributed by atoms with Crippen molar-refractivity contribution in [3.05, 3.63) is 64.4 Å². The predicted octanol–water partition coefficient (Wildman–Crippen LogP) is 3.86. The predicted molar refractivity (Wildman–Crippen MR) is 121 cm³/mol. The van der Waals surface area contributed by atoms with E-state index in [1.165, 1.54) is 11.8 Å². The van der Waals surface area contributed by atoms with Crippen LogP contribution in [0, 0.1) is 5.92 Å². The van der Waals surface area contributed by atoms with Crippen molar-refractivity contribution >= 4 is 28.6 Å². The average molecular weight is 426 g/mol. The Kier molecular flexibility index (Phi) is 7.52. The molecule has 2 aromatic carbocycles. The Balaban J connectivity index is 1.73. The minimum atomic E-state index is -0.122. The van der Waals surface area contributed by atoms with Crippen LogP contribution in [0.25, 0.3) is 10.9 Å². The minimum Gasteiger partial charge on any atom is -0.496 e. The van der Waals surface area contributed by atoms with E-state index in [0.29, 0.717) is 35.1 Å². The van der Waals surface area contributed by atoms with Crippen molar-refractivity contribution in [3.63, 3.8) is 0 Å². The van der Waals surface area contributed by atoms with Crippen LogP contribution in [0.2, 0.25) is 0 Å². The molecule has 0 saturated carbocycles. The van der Waals surface area contributed by atoms with Crippen LogP contribution in [0.5, 0.6) is 5.75 Å². The number of methoxy groups -OCH3 is 1. The zero-order valence-corrected chi connectivity index (χ0v) is 18.4. The monoisotopic (exact) mass is 425 g/mol. The third-order valence-corrected chi connectivity index (χ3v) is 5.73. The highest BCUT2D eigenvalue weighted by Crippen LogP contribution is 2.20. The molecule has 0 atom stereocenters. The molecule has 7 heteroatoms. The van der Waals surface area contributed by atoms with Crippen LogP contribution < -0.4 is 15.6 Å². The first-order chi connectivity index (χ1) is 14.5. The van der Waals surface area contributed by atoms with E-state index >= 15 is 0 Å². The Labute approximate surface area is 180 Å². The Bertz CT molecular complexity index is 1080. The van der Waals surface area contributed by atoms with Crippen molar-refractivity contribution in [1.29, 1.82) is 0 Å². The van der Waals surface area contributed by atoms with Crippen LogP contribution in [0.1, 0.15) is 25.8 Å². The van der Waals surface area contributed by atoms with Crippen molar-refractivity contribution in [3.8, 4) is 5.75 Å². The summed E-state index contributed by atoms with van der Waals surface area (Å²) in [4.78, 5) is 30.1. The molecule has 1 heterocycles. The number of benzene rings is 2. The highest BCUT2D eigenvalue weighted by molar-refractivity contribution is 7.99. The van der Waals surface area contributed by atoms with Gasteiger partial charge in [-0.3, -0.25) is 14.2 Å². The van der Waals surface area contributed by atoms with Gasteiger partial charge in [0.05, 0.1) is 23.8 Å². The molecular formula is C23H27N3O3S. The van der Waals surface area contributed by atoms with Crippen LogP contribution in [-0.4, -0.2) is 28.3 Å². The van der Waals surface area contributed by atoms with Gasteiger partial charge in [-0.25, -0.2) is 4.98 Å². The van der Waals surface area contributed by atoms with Crippen molar-refractivity contribution in [1.82, 2.24) is 14.9 Å². The number of hydrogen-bond acceptors (Lipinski definition) is 5.